The minimum absolute atomic E-state index is 0.0933. The number of rotatable bonds is 3. The van der Waals surface area contributed by atoms with Crippen LogP contribution in [0, 0.1) is 11.3 Å². The van der Waals surface area contributed by atoms with E-state index in [9.17, 15) is 18.0 Å². The second kappa shape index (κ2) is 5.43. The lowest BCUT2D eigenvalue weighted by Crippen LogP contribution is -2.21. The van der Waals surface area contributed by atoms with Gasteiger partial charge in [0.05, 0.1) is 18.5 Å². The summed E-state index contributed by atoms with van der Waals surface area (Å²) in [6.45, 7) is 1.36. The molecule has 0 unspecified atom stereocenters. The largest absolute Gasteiger partial charge is 0.573 e. The molecule has 0 radical (unpaired) electrons. The molecule has 0 aliphatic rings. The number of halogens is 3. The van der Waals surface area contributed by atoms with Crippen LogP contribution < -0.4 is 10.5 Å². The van der Waals surface area contributed by atoms with Crippen molar-refractivity contribution in [1.82, 2.24) is 4.98 Å². The van der Waals surface area contributed by atoms with Crippen molar-refractivity contribution < 1.29 is 27.4 Å². The summed E-state index contributed by atoms with van der Waals surface area (Å²) in [7, 11) is 0. The second-order valence-electron chi connectivity index (χ2n) is 3.15. The summed E-state index contributed by atoms with van der Waals surface area (Å²) in [5.74, 6) is -2.16. The molecule has 0 saturated carbocycles. The van der Waals surface area contributed by atoms with E-state index in [2.05, 4.69) is 14.5 Å². The average molecular weight is 275 g/mol. The highest BCUT2D eigenvalue weighted by molar-refractivity contribution is 5.96. The molecule has 1 rings (SSSR count). The van der Waals surface area contributed by atoms with Crippen molar-refractivity contribution in [2.45, 2.75) is 13.3 Å². The van der Waals surface area contributed by atoms with Crippen molar-refractivity contribution in [2.75, 3.05) is 12.3 Å². The molecule has 6 nitrogen and oxygen atoms in total. The Hall–Kier alpha value is -2.50. The van der Waals surface area contributed by atoms with E-state index in [4.69, 9.17) is 11.0 Å². The number of anilines is 1. The Labute approximate surface area is 105 Å². The molecule has 0 spiro atoms. The Balaban J connectivity index is 3.42. The van der Waals surface area contributed by atoms with Crippen LogP contribution in [0.5, 0.6) is 5.75 Å². The highest BCUT2D eigenvalue weighted by atomic mass is 19.4. The Bertz CT molecular complexity index is 537. The third kappa shape index (κ3) is 3.48. The van der Waals surface area contributed by atoms with Crippen molar-refractivity contribution in [3.63, 3.8) is 0 Å². The smallest absolute Gasteiger partial charge is 0.462 e. The Morgan fingerprint density at radius 1 is 1.58 bits per heavy atom. The molecule has 19 heavy (non-hydrogen) atoms. The lowest BCUT2D eigenvalue weighted by atomic mass is 10.1. The zero-order valence-corrected chi connectivity index (χ0v) is 9.61. The standard InChI is InChI=1S/C10H8F3N3O3/c1-2-18-9(17)7-6(3-14)16-4-5(15)8(7)19-10(11,12)13/h4H,2,15H2,1H3. The molecule has 0 aliphatic carbocycles. The Morgan fingerprint density at radius 3 is 2.68 bits per heavy atom. The molecular weight excluding hydrogens is 267 g/mol. The molecule has 9 heteroatoms. The summed E-state index contributed by atoms with van der Waals surface area (Å²) in [5, 5.41) is 8.75. The number of nitrogens with zero attached hydrogens (tertiary/aromatic N) is 2. The van der Waals surface area contributed by atoms with Crippen molar-refractivity contribution in [2.24, 2.45) is 0 Å². The number of pyridine rings is 1. The first-order valence-electron chi connectivity index (χ1n) is 4.91. The minimum atomic E-state index is -5.07. The van der Waals surface area contributed by atoms with Gasteiger partial charge in [-0.25, -0.2) is 9.78 Å². The molecule has 0 fully saturated rings. The summed E-state index contributed by atoms with van der Waals surface area (Å²) in [4.78, 5) is 15.0. The fourth-order valence-electron chi connectivity index (χ4n) is 1.21. The van der Waals surface area contributed by atoms with Crippen LogP contribution in [0.2, 0.25) is 0 Å². The highest BCUT2D eigenvalue weighted by Gasteiger charge is 2.35. The maximum atomic E-state index is 12.3. The highest BCUT2D eigenvalue weighted by Crippen LogP contribution is 2.33. The number of nitrogens with two attached hydrogens (primary N) is 1. The van der Waals surface area contributed by atoms with E-state index in [1.165, 1.54) is 13.0 Å². The van der Waals surface area contributed by atoms with E-state index < -0.39 is 35.0 Å². The maximum Gasteiger partial charge on any atom is 0.573 e. The summed E-state index contributed by atoms with van der Waals surface area (Å²) in [6, 6.07) is 1.47. The molecule has 0 aliphatic heterocycles. The van der Waals surface area contributed by atoms with Gasteiger partial charge in [-0.05, 0) is 6.92 Å². The van der Waals surface area contributed by atoms with Gasteiger partial charge >= 0.3 is 12.3 Å². The quantitative estimate of drug-likeness (QED) is 0.841. The molecular formula is C10H8F3N3O3. The molecule has 2 N–H and O–H groups in total. The minimum Gasteiger partial charge on any atom is -0.462 e. The number of aromatic nitrogens is 1. The molecule has 1 aromatic heterocycles. The SMILES string of the molecule is CCOC(=O)c1c(C#N)ncc(N)c1OC(F)(F)F. The normalized spacial score (nSPS) is 10.7. The molecule has 0 atom stereocenters. The zero-order valence-electron chi connectivity index (χ0n) is 9.61. The fraction of sp³-hybridized carbons (Fsp3) is 0.300. The van der Waals surface area contributed by atoms with Crippen molar-refractivity contribution in [3.8, 4) is 11.8 Å². The van der Waals surface area contributed by atoms with E-state index in [-0.39, 0.29) is 6.61 Å². The first-order valence-corrected chi connectivity index (χ1v) is 4.91. The van der Waals surface area contributed by atoms with Gasteiger partial charge in [0.15, 0.2) is 11.4 Å². The number of alkyl halides is 3. The van der Waals surface area contributed by atoms with Gasteiger partial charge in [-0.1, -0.05) is 0 Å². The van der Waals surface area contributed by atoms with Crippen LogP contribution in [0.15, 0.2) is 6.20 Å². The van der Waals surface area contributed by atoms with Gasteiger partial charge in [-0.2, -0.15) is 5.26 Å². The second-order valence-corrected chi connectivity index (χ2v) is 3.15. The van der Waals surface area contributed by atoms with E-state index in [1.807, 2.05) is 0 Å². The summed E-state index contributed by atoms with van der Waals surface area (Å²) >= 11 is 0. The van der Waals surface area contributed by atoms with Crippen LogP contribution in [0.1, 0.15) is 23.0 Å². The molecule has 1 aromatic rings. The molecule has 0 aromatic carbocycles. The van der Waals surface area contributed by atoms with E-state index in [0.717, 1.165) is 6.20 Å². The van der Waals surface area contributed by atoms with Crippen LogP contribution in [0.25, 0.3) is 0 Å². The van der Waals surface area contributed by atoms with Gasteiger partial charge in [-0.3, -0.25) is 0 Å². The third-order valence-corrected chi connectivity index (χ3v) is 1.86. The zero-order chi connectivity index (χ0) is 14.6. The summed E-state index contributed by atoms with van der Waals surface area (Å²) < 4.78 is 45.0. The topological polar surface area (TPSA) is 98.2 Å². The Kier molecular flexibility index (Phi) is 4.16. The number of esters is 1. The van der Waals surface area contributed by atoms with Gasteiger partial charge in [0, 0.05) is 0 Å². The predicted octanol–water partition coefficient (Wildman–Crippen LogP) is 1.61. The predicted molar refractivity (Wildman–Crippen MR) is 56.0 cm³/mol. The van der Waals surface area contributed by atoms with Gasteiger partial charge in [0.1, 0.15) is 11.6 Å². The number of ether oxygens (including phenoxy) is 2. The van der Waals surface area contributed by atoms with E-state index in [1.54, 1.807) is 0 Å². The van der Waals surface area contributed by atoms with Crippen LogP contribution in [0.3, 0.4) is 0 Å². The van der Waals surface area contributed by atoms with Crippen LogP contribution in [0.4, 0.5) is 18.9 Å². The van der Waals surface area contributed by atoms with Crippen molar-refractivity contribution in [1.29, 1.82) is 5.26 Å². The van der Waals surface area contributed by atoms with Crippen LogP contribution in [-0.4, -0.2) is 23.9 Å². The lowest BCUT2D eigenvalue weighted by Gasteiger charge is -2.14. The van der Waals surface area contributed by atoms with E-state index >= 15 is 0 Å². The maximum absolute atomic E-state index is 12.3. The fourth-order valence-corrected chi connectivity index (χ4v) is 1.21. The number of carbonyl (C=O) groups excluding carboxylic acids is 1. The van der Waals surface area contributed by atoms with Gasteiger partial charge in [0.25, 0.3) is 0 Å². The number of nitriles is 1. The van der Waals surface area contributed by atoms with Crippen LogP contribution in [-0.2, 0) is 4.74 Å². The van der Waals surface area contributed by atoms with Crippen LogP contribution >= 0.6 is 0 Å². The number of carbonyl (C=O) groups is 1. The first-order chi connectivity index (χ1) is 8.80. The average Bonchev–Trinajstić information content (AvgIpc) is 2.30. The van der Waals surface area contributed by atoms with Gasteiger partial charge < -0.3 is 15.2 Å². The van der Waals surface area contributed by atoms with Crippen molar-refractivity contribution in [3.05, 3.63) is 17.5 Å². The lowest BCUT2D eigenvalue weighted by molar-refractivity contribution is -0.274. The molecule has 1 heterocycles. The van der Waals surface area contributed by atoms with E-state index in [0.29, 0.717) is 0 Å². The monoisotopic (exact) mass is 275 g/mol. The van der Waals surface area contributed by atoms with Crippen molar-refractivity contribution >= 4 is 11.7 Å². The number of hydrogen-bond donors (Lipinski definition) is 1. The Morgan fingerprint density at radius 2 is 2.21 bits per heavy atom. The summed E-state index contributed by atoms with van der Waals surface area (Å²) in [6.07, 6.45) is -4.27. The van der Waals surface area contributed by atoms with Gasteiger partial charge in [0.2, 0.25) is 0 Å². The van der Waals surface area contributed by atoms with Gasteiger partial charge in [-0.15, -0.1) is 13.2 Å². The number of nitrogen functional groups attached to an aromatic ring is 1. The summed E-state index contributed by atoms with van der Waals surface area (Å²) in [5.41, 5.74) is 3.44. The molecule has 102 valence electrons. The molecule has 0 amide bonds. The number of hydrogen-bond acceptors (Lipinski definition) is 6. The molecule has 0 saturated heterocycles. The molecule has 0 bridgehead atoms. The first kappa shape index (κ1) is 14.6. The third-order valence-electron chi connectivity index (χ3n) is 1.86.